The molecule has 2 rings (SSSR count). The number of halogens is 1. The first-order valence-electron chi connectivity index (χ1n) is 6.86. The highest BCUT2D eigenvalue weighted by molar-refractivity contribution is 9.10. The zero-order chi connectivity index (χ0) is 14.0. The summed E-state index contributed by atoms with van der Waals surface area (Å²) >= 11 is 3.64. The summed E-state index contributed by atoms with van der Waals surface area (Å²) in [4.78, 5) is 2.24. The number of anilines is 1. The van der Waals surface area contributed by atoms with E-state index in [0.29, 0.717) is 12.6 Å². The number of nitrogens with one attached hydrogen (secondary N) is 1. The summed E-state index contributed by atoms with van der Waals surface area (Å²) in [5, 5.41) is 13.5. The summed E-state index contributed by atoms with van der Waals surface area (Å²) < 4.78 is 1.13. The quantitative estimate of drug-likeness (QED) is 0.893. The number of rotatable bonds is 4. The van der Waals surface area contributed by atoms with E-state index in [9.17, 15) is 5.11 Å². The second-order valence-electron chi connectivity index (χ2n) is 5.98. The van der Waals surface area contributed by atoms with E-state index in [1.165, 1.54) is 11.3 Å². The van der Waals surface area contributed by atoms with Gasteiger partial charge in [0.15, 0.2) is 0 Å². The maximum absolute atomic E-state index is 10.0. The predicted molar refractivity (Wildman–Crippen MR) is 83.6 cm³/mol. The third-order valence-electron chi connectivity index (χ3n) is 3.55. The van der Waals surface area contributed by atoms with Gasteiger partial charge in [-0.2, -0.15) is 0 Å². The molecule has 1 saturated heterocycles. The van der Waals surface area contributed by atoms with Crippen LogP contribution in [-0.2, 0) is 6.54 Å². The van der Waals surface area contributed by atoms with Crippen LogP contribution in [-0.4, -0.2) is 29.8 Å². The molecule has 1 aliphatic rings. The van der Waals surface area contributed by atoms with E-state index in [0.717, 1.165) is 24.0 Å². The molecule has 1 fully saturated rings. The molecule has 19 heavy (non-hydrogen) atoms. The van der Waals surface area contributed by atoms with Crippen LogP contribution in [0.2, 0.25) is 0 Å². The van der Waals surface area contributed by atoms with Gasteiger partial charge in [0.2, 0.25) is 0 Å². The standard InChI is InChI=1S/C15H23BrN2O/c1-11(2)17-9-12-4-5-13(8-14(12)16)18-7-6-15(3,19)10-18/h4-5,8,11,17,19H,6-7,9-10H2,1-3H3. The van der Waals surface area contributed by atoms with Crippen molar-refractivity contribution in [1.82, 2.24) is 5.32 Å². The Morgan fingerprint density at radius 2 is 2.21 bits per heavy atom. The molecule has 0 saturated carbocycles. The van der Waals surface area contributed by atoms with Crippen LogP contribution in [0.15, 0.2) is 22.7 Å². The van der Waals surface area contributed by atoms with Crippen molar-refractivity contribution in [2.45, 2.75) is 45.4 Å². The maximum atomic E-state index is 10.0. The van der Waals surface area contributed by atoms with Crippen LogP contribution < -0.4 is 10.2 Å². The Morgan fingerprint density at radius 3 is 2.74 bits per heavy atom. The van der Waals surface area contributed by atoms with Gasteiger partial charge in [0, 0.05) is 35.8 Å². The van der Waals surface area contributed by atoms with Gasteiger partial charge in [0.25, 0.3) is 0 Å². The van der Waals surface area contributed by atoms with Gasteiger partial charge in [-0.25, -0.2) is 0 Å². The fraction of sp³-hybridized carbons (Fsp3) is 0.600. The molecule has 0 radical (unpaired) electrons. The van der Waals surface area contributed by atoms with Crippen LogP contribution in [0.25, 0.3) is 0 Å². The number of β-amino-alcohol motifs (C(OH)–C–C–N with tert-alkyl or cyclic N) is 1. The van der Waals surface area contributed by atoms with Gasteiger partial charge < -0.3 is 15.3 Å². The molecule has 1 aliphatic heterocycles. The third kappa shape index (κ3) is 3.94. The van der Waals surface area contributed by atoms with Crippen LogP contribution in [0.1, 0.15) is 32.8 Å². The number of benzene rings is 1. The molecular formula is C15H23BrN2O. The Hall–Kier alpha value is -0.580. The average molecular weight is 327 g/mol. The lowest BCUT2D eigenvalue weighted by molar-refractivity contribution is 0.0839. The number of hydrogen-bond donors (Lipinski definition) is 2. The van der Waals surface area contributed by atoms with Crippen LogP contribution in [0.3, 0.4) is 0 Å². The van der Waals surface area contributed by atoms with Gasteiger partial charge in [-0.15, -0.1) is 0 Å². The first-order chi connectivity index (χ1) is 8.87. The molecular weight excluding hydrogens is 304 g/mol. The summed E-state index contributed by atoms with van der Waals surface area (Å²) in [7, 11) is 0. The van der Waals surface area contributed by atoms with Crippen molar-refractivity contribution in [3.63, 3.8) is 0 Å². The zero-order valence-electron chi connectivity index (χ0n) is 11.9. The Balaban J connectivity index is 2.07. The van der Waals surface area contributed by atoms with E-state index in [1.54, 1.807) is 0 Å². The Kier molecular flexibility index (Phi) is 4.54. The van der Waals surface area contributed by atoms with Crippen LogP contribution in [0, 0.1) is 0 Å². The summed E-state index contributed by atoms with van der Waals surface area (Å²) in [6, 6.07) is 6.93. The summed E-state index contributed by atoms with van der Waals surface area (Å²) in [5.74, 6) is 0. The number of hydrogen-bond acceptors (Lipinski definition) is 3. The van der Waals surface area contributed by atoms with Crippen molar-refractivity contribution in [3.8, 4) is 0 Å². The third-order valence-corrected chi connectivity index (χ3v) is 4.29. The van der Waals surface area contributed by atoms with Crippen molar-refractivity contribution < 1.29 is 5.11 Å². The topological polar surface area (TPSA) is 35.5 Å². The second kappa shape index (κ2) is 5.81. The normalized spacial score (nSPS) is 23.4. The van der Waals surface area contributed by atoms with E-state index in [2.05, 4.69) is 58.2 Å². The lowest BCUT2D eigenvalue weighted by Gasteiger charge is -2.22. The van der Waals surface area contributed by atoms with Crippen molar-refractivity contribution in [1.29, 1.82) is 0 Å². The maximum Gasteiger partial charge on any atom is 0.0810 e. The highest BCUT2D eigenvalue weighted by Crippen LogP contribution is 2.29. The van der Waals surface area contributed by atoms with Crippen molar-refractivity contribution in [2.75, 3.05) is 18.0 Å². The van der Waals surface area contributed by atoms with E-state index in [-0.39, 0.29) is 0 Å². The van der Waals surface area contributed by atoms with E-state index < -0.39 is 5.60 Å². The molecule has 0 amide bonds. The molecule has 0 bridgehead atoms. The first kappa shape index (κ1) is 14.8. The lowest BCUT2D eigenvalue weighted by Crippen LogP contribution is -2.29. The number of aliphatic hydroxyl groups is 1. The molecule has 3 nitrogen and oxygen atoms in total. The zero-order valence-corrected chi connectivity index (χ0v) is 13.5. The van der Waals surface area contributed by atoms with Crippen LogP contribution in [0.4, 0.5) is 5.69 Å². The van der Waals surface area contributed by atoms with Crippen molar-refractivity contribution in [2.24, 2.45) is 0 Å². The molecule has 1 atom stereocenters. The first-order valence-corrected chi connectivity index (χ1v) is 7.66. The van der Waals surface area contributed by atoms with E-state index in [4.69, 9.17) is 0 Å². The van der Waals surface area contributed by atoms with Gasteiger partial charge in [-0.05, 0) is 31.0 Å². The molecule has 0 aromatic heterocycles. The largest absolute Gasteiger partial charge is 0.388 e. The second-order valence-corrected chi connectivity index (χ2v) is 6.83. The van der Waals surface area contributed by atoms with Gasteiger partial charge in [-0.1, -0.05) is 35.8 Å². The molecule has 1 unspecified atom stereocenters. The monoisotopic (exact) mass is 326 g/mol. The minimum Gasteiger partial charge on any atom is -0.388 e. The fourth-order valence-electron chi connectivity index (χ4n) is 2.36. The molecule has 1 aromatic rings. The fourth-order valence-corrected chi connectivity index (χ4v) is 2.86. The average Bonchev–Trinajstić information content (AvgIpc) is 2.68. The number of nitrogens with zero attached hydrogens (tertiary/aromatic N) is 1. The van der Waals surface area contributed by atoms with Crippen molar-refractivity contribution >= 4 is 21.6 Å². The minimum absolute atomic E-state index is 0.486. The highest BCUT2D eigenvalue weighted by atomic mass is 79.9. The Bertz CT molecular complexity index is 446. The summed E-state index contributed by atoms with van der Waals surface area (Å²) in [6.45, 7) is 8.70. The van der Waals surface area contributed by atoms with Gasteiger partial charge in [-0.3, -0.25) is 0 Å². The highest BCUT2D eigenvalue weighted by Gasteiger charge is 2.31. The molecule has 1 heterocycles. The molecule has 1 aromatic carbocycles. The van der Waals surface area contributed by atoms with Crippen molar-refractivity contribution in [3.05, 3.63) is 28.2 Å². The van der Waals surface area contributed by atoms with E-state index in [1.807, 2.05) is 6.92 Å². The van der Waals surface area contributed by atoms with Crippen LogP contribution in [0.5, 0.6) is 0 Å². The van der Waals surface area contributed by atoms with Gasteiger partial charge >= 0.3 is 0 Å². The predicted octanol–water partition coefficient (Wildman–Crippen LogP) is 2.91. The SMILES string of the molecule is CC(C)NCc1ccc(N2CCC(C)(O)C2)cc1Br. The lowest BCUT2D eigenvalue weighted by atomic mass is 10.1. The Morgan fingerprint density at radius 1 is 1.47 bits per heavy atom. The van der Waals surface area contributed by atoms with Gasteiger partial charge in [0.1, 0.15) is 0 Å². The molecule has 0 aliphatic carbocycles. The van der Waals surface area contributed by atoms with Gasteiger partial charge in [0.05, 0.1) is 5.60 Å². The van der Waals surface area contributed by atoms with Crippen LogP contribution >= 0.6 is 15.9 Å². The Labute approximate surface area is 124 Å². The molecule has 4 heteroatoms. The molecule has 2 N–H and O–H groups in total. The summed E-state index contributed by atoms with van der Waals surface area (Å²) in [5.41, 5.74) is 1.89. The summed E-state index contributed by atoms with van der Waals surface area (Å²) in [6.07, 6.45) is 0.835. The smallest absolute Gasteiger partial charge is 0.0810 e. The van der Waals surface area contributed by atoms with E-state index >= 15 is 0 Å². The molecule has 0 spiro atoms. The minimum atomic E-state index is -0.551. The molecule has 106 valence electrons.